The Hall–Kier alpha value is -1.28. The molecular formula is C9H11F3N2O2S. The molecule has 96 valence electrons. The second-order valence-corrected chi connectivity index (χ2v) is 4.97. The molecule has 0 radical (unpaired) electrons. The van der Waals surface area contributed by atoms with E-state index in [9.17, 15) is 21.6 Å². The second-order valence-electron chi connectivity index (χ2n) is 3.44. The van der Waals surface area contributed by atoms with E-state index in [4.69, 9.17) is 10.9 Å². The minimum Gasteiger partial charge on any atom is -0.397 e. The maximum atomic E-state index is 12.5. The summed E-state index contributed by atoms with van der Waals surface area (Å²) in [6.45, 7) is 1.57. The molecule has 0 unspecified atom stereocenters. The predicted molar refractivity (Wildman–Crippen MR) is 56.6 cm³/mol. The molecule has 0 heterocycles. The average Bonchev–Trinajstić information content (AvgIpc) is 2.14. The van der Waals surface area contributed by atoms with Crippen LogP contribution in [0.3, 0.4) is 0 Å². The fourth-order valence-electron chi connectivity index (χ4n) is 1.38. The van der Waals surface area contributed by atoms with Crippen LogP contribution in [0.4, 0.5) is 18.9 Å². The summed E-state index contributed by atoms with van der Waals surface area (Å²) >= 11 is 0. The van der Waals surface area contributed by atoms with Crippen LogP contribution in [0.1, 0.15) is 18.1 Å². The maximum Gasteiger partial charge on any atom is 0.416 e. The molecule has 1 aromatic carbocycles. The summed E-state index contributed by atoms with van der Waals surface area (Å²) in [7, 11) is -4.27. The third-order valence-electron chi connectivity index (χ3n) is 2.24. The zero-order chi connectivity index (χ0) is 13.4. The first-order valence-electron chi connectivity index (χ1n) is 4.59. The normalized spacial score (nSPS) is 12.8. The van der Waals surface area contributed by atoms with E-state index in [1.165, 1.54) is 0 Å². The fourth-order valence-corrected chi connectivity index (χ4v) is 2.10. The Balaban J connectivity index is 3.62. The quantitative estimate of drug-likeness (QED) is 0.797. The van der Waals surface area contributed by atoms with Crippen LogP contribution in [0.15, 0.2) is 17.0 Å². The number of alkyl halides is 3. The monoisotopic (exact) mass is 268 g/mol. The van der Waals surface area contributed by atoms with Crippen LogP contribution in [0.2, 0.25) is 0 Å². The van der Waals surface area contributed by atoms with Gasteiger partial charge in [-0.05, 0) is 24.1 Å². The minimum absolute atomic E-state index is 0.101. The first-order chi connectivity index (χ1) is 7.57. The number of primary sulfonamides is 1. The van der Waals surface area contributed by atoms with E-state index in [-0.39, 0.29) is 17.7 Å². The van der Waals surface area contributed by atoms with Gasteiger partial charge in [0.2, 0.25) is 10.0 Å². The first-order valence-corrected chi connectivity index (χ1v) is 6.14. The van der Waals surface area contributed by atoms with Gasteiger partial charge < -0.3 is 5.73 Å². The smallest absolute Gasteiger partial charge is 0.397 e. The van der Waals surface area contributed by atoms with Gasteiger partial charge in [0.15, 0.2) is 0 Å². The Bertz CT molecular complexity index is 538. The summed E-state index contributed by atoms with van der Waals surface area (Å²) in [5.41, 5.74) is 4.26. The number of aryl methyl sites for hydroxylation is 1. The Morgan fingerprint density at radius 1 is 1.29 bits per heavy atom. The Kier molecular flexibility index (Phi) is 3.40. The molecular weight excluding hydrogens is 257 g/mol. The standard InChI is InChI=1S/C9H11F3N2O2S/c1-2-5-3-6(9(10,11)12)4-7(8(5)13)17(14,15)16/h3-4H,2,13H2,1H3,(H2,14,15,16). The molecule has 0 fully saturated rings. The molecule has 0 aliphatic carbocycles. The van der Waals surface area contributed by atoms with E-state index in [1.54, 1.807) is 6.92 Å². The molecule has 0 atom stereocenters. The van der Waals surface area contributed by atoms with Crippen molar-refractivity contribution in [1.82, 2.24) is 0 Å². The van der Waals surface area contributed by atoms with Crippen LogP contribution >= 0.6 is 0 Å². The lowest BCUT2D eigenvalue weighted by Crippen LogP contribution is -2.17. The van der Waals surface area contributed by atoms with E-state index in [2.05, 4.69) is 0 Å². The molecule has 1 aromatic rings. The van der Waals surface area contributed by atoms with Crippen molar-refractivity contribution < 1.29 is 21.6 Å². The average molecular weight is 268 g/mol. The number of hydrogen-bond donors (Lipinski definition) is 2. The highest BCUT2D eigenvalue weighted by molar-refractivity contribution is 7.89. The van der Waals surface area contributed by atoms with Gasteiger partial charge in [0, 0.05) is 0 Å². The molecule has 0 saturated heterocycles. The van der Waals surface area contributed by atoms with Gasteiger partial charge in [-0.15, -0.1) is 0 Å². The summed E-state index contributed by atoms with van der Waals surface area (Å²) in [5.74, 6) is 0. The number of nitrogen functional groups attached to an aromatic ring is 1. The largest absolute Gasteiger partial charge is 0.416 e. The maximum absolute atomic E-state index is 12.5. The van der Waals surface area contributed by atoms with Crippen molar-refractivity contribution in [2.24, 2.45) is 5.14 Å². The van der Waals surface area contributed by atoms with E-state index in [1.807, 2.05) is 0 Å². The Morgan fingerprint density at radius 3 is 2.18 bits per heavy atom. The first kappa shape index (κ1) is 13.8. The van der Waals surface area contributed by atoms with Crippen molar-refractivity contribution in [1.29, 1.82) is 0 Å². The minimum atomic E-state index is -4.64. The van der Waals surface area contributed by atoms with Gasteiger partial charge in [-0.1, -0.05) is 6.92 Å². The number of anilines is 1. The topological polar surface area (TPSA) is 86.2 Å². The van der Waals surface area contributed by atoms with Crippen LogP contribution in [-0.4, -0.2) is 8.42 Å². The van der Waals surface area contributed by atoms with E-state index >= 15 is 0 Å². The number of halogens is 3. The van der Waals surface area contributed by atoms with Crippen LogP contribution in [0.5, 0.6) is 0 Å². The molecule has 4 N–H and O–H groups in total. The molecule has 0 amide bonds. The summed E-state index contributed by atoms with van der Waals surface area (Å²) in [6, 6.07) is 1.27. The van der Waals surface area contributed by atoms with Crippen molar-refractivity contribution in [2.75, 3.05) is 5.73 Å². The molecule has 4 nitrogen and oxygen atoms in total. The number of rotatable bonds is 2. The molecule has 0 spiro atoms. The molecule has 0 aliphatic heterocycles. The Morgan fingerprint density at radius 2 is 1.82 bits per heavy atom. The van der Waals surface area contributed by atoms with Crippen LogP contribution in [0, 0.1) is 0 Å². The van der Waals surface area contributed by atoms with Gasteiger partial charge in [0.25, 0.3) is 0 Å². The second kappa shape index (κ2) is 4.19. The van der Waals surface area contributed by atoms with Gasteiger partial charge in [0.05, 0.1) is 11.3 Å². The lowest BCUT2D eigenvalue weighted by molar-refractivity contribution is -0.137. The predicted octanol–water partition coefficient (Wildman–Crippen LogP) is 1.50. The third-order valence-corrected chi connectivity index (χ3v) is 3.19. The highest BCUT2D eigenvalue weighted by Crippen LogP contribution is 2.34. The van der Waals surface area contributed by atoms with Crippen molar-refractivity contribution in [3.8, 4) is 0 Å². The van der Waals surface area contributed by atoms with Gasteiger partial charge in [-0.25, -0.2) is 13.6 Å². The summed E-state index contributed by atoms with van der Waals surface area (Å²) in [6.07, 6.45) is -4.46. The number of benzene rings is 1. The lowest BCUT2D eigenvalue weighted by Gasteiger charge is -2.13. The van der Waals surface area contributed by atoms with Crippen LogP contribution in [0.25, 0.3) is 0 Å². The number of hydrogen-bond acceptors (Lipinski definition) is 3. The molecule has 8 heteroatoms. The summed E-state index contributed by atoms with van der Waals surface area (Å²) in [4.78, 5) is -0.691. The summed E-state index contributed by atoms with van der Waals surface area (Å²) in [5, 5.41) is 4.82. The van der Waals surface area contributed by atoms with Crippen LogP contribution < -0.4 is 10.9 Å². The van der Waals surface area contributed by atoms with Crippen molar-refractivity contribution in [3.05, 3.63) is 23.3 Å². The van der Waals surface area contributed by atoms with Crippen molar-refractivity contribution in [3.63, 3.8) is 0 Å². The zero-order valence-corrected chi connectivity index (χ0v) is 9.69. The molecule has 0 saturated carbocycles. The van der Waals surface area contributed by atoms with E-state index < -0.39 is 26.7 Å². The van der Waals surface area contributed by atoms with Gasteiger partial charge in [-0.3, -0.25) is 0 Å². The number of nitrogens with two attached hydrogens (primary N) is 2. The van der Waals surface area contributed by atoms with Crippen LogP contribution in [-0.2, 0) is 22.6 Å². The fraction of sp³-hybridized carbons (Fsp3) is 0.333. The SMILES string of the molecule is CCc1cc(C(F)(F)F)cc(S(N)(=O)=O)c1N. The summed E-state index contributed by atoms with van der Waals surface area (Å²) < 4.78 is 59.8. The van der Waals surface area contributed by atoms with Gasteiger partial charge >= 0.3 is 6.18 Å². The van der Waals surface area contributed by atoms with Crippen molar-refractivity contribution >= 4 is 15.7 Å². The Labute approximate surface area is 96.5 Å². The lowest BCUT2D eigenvalue weighted by atomic mass is 10.1. The molecule has 17 heavy (non-hydrogen) atoms. The highest BCUT2D eigenvalue weighted by Gasteiger charge is 2.33. The van der Waals surface area contributed by atoms with Gasteiger partial charge in [0.1, 0.15) is 4.90 Å². The molecule has 0 bridgehead atoms. The van der Waals surface area contributed by atoms with E-state index in [0.29, 0.717) is 6.07 Å². The molecule has 0 aromatic heterocycles. The number of sulfonamides is 1. The highest BCUT2D eigenvalue weighted by atomic mass is 32.2. The van der Waals surface area contributed by atoms with Crippen molar-refractivity contribution in [2.45, 2.75) is 24.4 Å². The molecule has 0 aliphatic rings. The van der Waals surface area contributed by atoms with E-state index in [0.717, 1.165) is 6.07 Å². The third kappa shape index (κ3) is 2.89. The van der Waals surface area contributed by atoms with Gasteiger partial charge in [-0.2, -0.15) is 13.2 Å². The zero-order valence-electron chi connectivity index (χ0n) is 8.88. The molecule has 1 rings (SSSR count).